The first-order chi connectivity index (χ1) is 15.9. The average Bonchev–Trinajstić information content (AvgIpc) is 2.82. The normalized spacial score (nSPS) is 25.1. The summed E-state index contributed by atoms with van der Waals surface area (Å²) in [5, 5.41) is 8.80. The van der Waals surface area contributed by atoms with Gasteiger partial charge in [-0.25, -0.2) is 8.42 Å². The van der Waals surface area contributed by atoms with Crippen LogP contribution in [0.15, 0.2) is 48.5 Å². The van der Waals surface area contributed by atoms with E-state index in [0.29, 0.717) is 26.2 Å². The summed E-state index contributed by atoms with van der Waals surface area (Å²) < 4.78 is 41.5. The van der Waals surface area contributed by atoms with Crippen molar-refractivity contribution in [3.05, 3.63) is 68.8 Å². The quantitative estimate of drug-likeness (QED) is 0.489. The lowest BCUT2D eigenvalue weighted by Crippen LogP contribution is -2.44. The third-order valence-electron chi connectivity index (χ3n) is 6.87. The third-order valence-corrected chi connectivity index (χ3v) is 10.2. The zero-order valence-corrected chi connectivity index (χ0v) is 21.9. The Morgan fingerprint density at radius 1 is 1.15 bits per heavy atom. The molecule has 180 valence electrons. The van der Waals surface area contributed by atoms with Gasteiger partial charge in [0.15, 0.2) is 0 Å². The molecule has 0 saturated carbocycles. The van der Waals surface area contributed by atoms with E-state index in [1.54, 1.807) is 4.31 Å². The Bertz CT molecular complexity index is 1040. The number of hydrogen-bond acceptors (Lipinski definition) is 5. The summed E-state index contributed by atoms with van der Waals surface area (Å²) in [6, 6.07) is 15.7. The van der Waals surface area contributed by atoms with E-state index in [9.17, 15) is 13.5 Å². The van der Waals surface area contributed by atoms with E-state index in [0.717, 1.165) is 39.5 Å². The van der Waals surface area contributed by atoms with Crippen molar-refractivity contribution in [3.63, 3.8) is 0 Å². The summed E-state index contributed by atoms with van der Waals surface area (Å²) in [6.45, 7) is 3.86. The van der Waals surface area contributed by atoms with Gasteiger partial charge in [-0.1, -0.05) is 42.5 Å². The van der Waals surface area contributed by atoms with E-state index in [-0.39, 0.29) is 19.3 Å². The first-order valence-electron chi connectivity index (χ1n) is 11.5. The van der Waals surface area contributed by atoms with Gasteiger partial charge >= 0.3 is 0 Å². The largest absolute Gasteiger partial charge is 0.394 e. The lowest BCUT2D eigenvalue weighted by Gasteiger charge is -2.39. The number of aliphatic hydroxyl groups is 1. The molecule has 0 unspecified atom stereocenters. The fourth-order valence-corrected chi connectivity index (χ4v) is 7.81. The average molecular weight is 586 g/mol. The minimum atomic E-state index is -3.48. The van der Waals surface area contributed by atoms with Gasteiger partial charge in [0.05, 0.1) is 18.8 Å². The smallest absolute Gasteiger partial charge is 0.221 e. The Balaban J connectivity index is 1.59. The fourth-order valence-electron chi connectivity index (χ4n) is 4.94. The molecule has 2 fully saturated rings. The molecule has 0 amide bonds. The van der Waals surface area contributed by atoms with Crippen LogP contribution in [0.1, 0.15) is 54.5 Å². The Hall–Kier alpha value is -1.04. The molecule has 2 aliphatic heterocycles. The second-order valence-corrected chi connectivity index (χ2v) is 12.1. The van der Waals surface area contributed by atoms with Crippen LogP contribution in [0, 0.1) is 3.57 Å². The molecule has 0 spiro atoms. The Morgan fingerprint density at radius 3 is 2.55 bits per heavy atom. The highest BCUT2D eigenvalue weighted by Gasteiger charge is 2.41. The van der Waals surface area contributed by atoms with E-state index in [1.807, 2.05) is 43.3 Å². The minimum Gasteiger partial charge on any atom is -0.394 e. The van der Waals surface area contributed by atoms with Crippen LogP contribution in [0.4, 0.5) is 0 Å². The van der Waals surface area contributed by atoms with Gasteiger partial charge in [0.25, 0.3) is 0 Å². The maximum atomic E-state index is 13.6. The number of sulfonamides is 1. The fraction of sp³-hybridized carbons (Fsp3) is 0.520. The highest BCUT2D eigenvalue weighted by Crippen LogP contribution is 2.40. The molecule has 8 heteroatoms. The number of halogens is 1. The maximum absolute atomic E-state index is 13.6. The van der Waals surface area contributed by atoms with Crippen LogP contribution in [-0.4, -0.2) is 50.3 Å². The predicted octanol–water partition coefficient (Wildman–Crippen LogP) is 4.36. The van der Waals surface area contributed by atoms with Crippen molar-refractivity contribution < 1.29 is 23.0 Å². The number of benzene rings is 2. The molecule has 2 saturated heterocycles. The molecule has 33 heavy (non-hydrogen) atoms. The summed E-state index contributed by atoms with van der Waals surface area (Å²) in [5.74, 6) is 0. The number of ether oxygens (including phenoxy) is 2. The van der Waals surface area contributed by atoms with Gasteiger partial charge in [0.1, 0.15) is 5.25 Å². The van der Waals surface area contributed by atoms with Gasteiger partial charge in [0, 0.05) is 42.2 Å². The molecule has 2 heterocycles. The second-order valence-electron chi connectivity index (χ2n) is 8.90. The van der Waals surface area contributed by atoms with E-state index in [1.165, 1.54) is 0 Å². The Morgan fingerprint density at radius 2 is 1.88 bits per heavy atom. The van der Waals surface area contributed by atoms with Gasteiger partial charge in [-0.3, -0.25) is 0 Å². The lowest BCUT2D eigenvalue weighted by molar-refractivity contribution is -0.123. The van der Waals surface area contributed by atoms with Crippen molar-refractivity contribution in [1.82, 2.24) is 4.31 Å². The second kappa shape index (κ2) is 10.7. The van der Waals surface area contributed by atoms with Crippen molar-refractivity contribution in [3.8, 4) is 0 Å². The molecule has 2 atom stereocenters. The molecular weight excluding hydrogens is 553 g/mol. The summed E-state index contributed by atoms with van der Waals surface area (Å²) in [4.78, 5) is 0. The van der Waals surface area contributed by atoms with E-state index in [2.05, 4.69) is 34.7 Å². The Labute approximate surface area is 210 Å². The molecule has 0 radical (unpaired) electrons. The van der Waals surface area contributed by atoms with Crippen LogP contribution in [0.25, 0.3) is 0 Å². The molecule has 1 N–H and O–H groups in total. The maximum Gasteiger partial charge on any atom is 0.221 e. The summed E-state index contributed by atoms with van der Waals surface area (Å²) in [5.41, 5.74) is 2.45. The van der Waals surface area contributed by atoms with Crippen LogP contribution in [0.3, 0.4) is 0 Å². The van der Waals surface area contributed by atoms with Crippen molar-refractivity contribution in [2.24, 2.45) is 0 Å². The molecular formula is C25H32INO5S. The van der Waals surface area contributed by atoms with Gasteiger partial charge in [0.2, 0.25) is 10.0 Å². The highest BCUT2D eigenvalue weighted by molar-refractivity contribution is 14.1. The SMILES string of the molecule is C[C@H]1CC[C@H](c2ccccc2)S(=O)(=O)N1Cc1ccc(C2(OCCO)CCOCC2)cc1I. The van der Waals surface area contributed by atoms with Crippen molar-refractivity contribution in [1.29, 1.82) is 0 Å². The van der Waals surface area contributed by atoms with Crippen LogP contribution in [0.5, 0.6) is 0 Å². The van der Waals surface area contributed by atoms with Crippen LogP contribution < -0.4 is 0 Å². The van der Waals surface area contributed by atoms with E-state index in [4.69, 9.17) is 9.47 Å². The summed E-state index contributed by atoms with van der Waals surface area (Å²) in [6.07, 6.45) is 2.95. The number of nitrogens with zero attached hydrogens (tertiary/aromatic N) is 1. The zero-order chi connectivity index (χ0) is 23.5. The summed E-state index contributed by atoms with van der Waals surface area (Å²) >= 11 is 2.30. The van der Waals surface area contributed by atoms with E-state index >= 15 is 0 Å². The standard InChI is InChI=1S/C25H32INO5S/c1-19-7-10-24(20-5-3-2-4-6-20)33(29,30)27(19)18-21-8-9-22(17-23(21)26)25(32-16-13-28)11-14-31-15-12-25/h2-6,8-9,17,19,24,28H,7,10-16,18H2,1H3/t19-,24+/m0/s1. The molecule has 6 nitrogen and oxygen atoms in total. The molecule has 2 aromatic rings. The van der Waals surface area contributed by atoms with Gasteiger partial charge in [-0.05, 0) is 65.1 Å². The van der Waals surface area contributed by atoms with Crippen LogP contribution >= 0.6 is 22.6 Å². The van der Waals surface area contributed by atoms with Crippen molar-refractivity contribution in [2.45, 2.75) is 56.0 Å². The van der Waals surface area contributed by atoms with Crippen LogP contribution in [-0.2, 0) is 31.6 Å². The number of rotatable bonds is 7. The summed E-state index contributed by atoms with van der Waals surface area (Å²) in [7, 11) is -3.48. The molecule has 2 aliphatic rings. The zero-order valence-electron chi connectivity index (χ0n) is 19.0. The van der Waals surface area contributed by atoms with Crippen molar-refractivity contribution in [2.75, 3.05) is 26.4 Å². The van der Waals surface area contributed by atoms with Gasteiger partial charge < -0.3 is 14.6 Å². The topological polar surface area (TPSA) is 76.1 Å². The van der Waals surface area contributed by atoms with E-state index < -0.39 is 20.9 Å². The molecule has 0 aromatic heterocycles. The number of hydrogen-bond donors (Lipinski definition) is 1. The Kier molecular flexibility index (Phi) is 8.13. The third kappa shape index (κ3) is 5.31. The highest BCUT2D eigenvalue weighted by atomic mass is 127. The molecule has 2 aromatic carbocycles. The number of aliphatic hydroxyl groups excluding tert-OH is 1. The monoisotopic (exact) mass is 585 g/mol. The predicted molar refractivity (Wildman–Crippen MR) is 136 cm³/mol. The first kappa shape index (κ1) is 25.1. The lowest BCUT2D eigenvalue weighted by atomic mass is 9.85. The van der Waals surface area contributed by atoms with Crippen LogP contribution in [0.2, 0.25) is 0 Å². The van der Waals surface area contributed by atoms with Gasteiger partial charge in [-0.2, -0.15) is 4.31 Å². The molecule has 0 aliphatic carbocycles. The van der Waals surface area contributed by atoms with Crippen molar-refractivity contribution >= 4 is 32.6 Å². The molecule has 4 rings (SSSR count). The van der Waals surface area contributed by atoms with Gasteiger partial charge in [-0.15, -0.1) is 0 Å². The molecule has 0 bridgehead atoms. The first-order valence-corrected chi connectivity index (χ1v) is 14.1. The minimum absolute atomic E-state index is 0.0227.